The van der Waals surface area contributed by atoms with Crippen LogP contribution in [0.5, 0.6) is 5.75 Å². The Bertz CT molecular complexity index is 622. The number of rotatable bonds is 5. The topological polar surface area (TPSA) is 33.3 Å². The number of hydrogen-bond donors (Lipinski definition) is 2. The largest absolute Gasteiger partial charge is 0.490 e. The lowest BCUT2D eigenvalue weighted by atomic mass is 10.2. The van der Waals surface area contributed by atoms with Gasteiger partial charge in [-0.2, -0.15) is 0 Å². The molecule has 3 rings (SSSR count). The lowest BCUT2D eigenvalue weighted by Gasteiger charge is -2.14. The molecular weight excluding hydrogens is 304 g/mol. The first kappa shape index (κ1) is 15.8. The molecule has 0 spiro atoms. The summed E-state index contributed by atoms with van der Waals surface area (Å²) < 4.78 is 5.96. The third kappa shape index (κ3) is 4.96. The summed E-state index contributed by atoms with van der Waals surface area (Å²) in [5.41, 5.74) is 2.17. The molecular formula is C19H22N2OS. The van der Waals surface area contributed by atoms with E-state index in [1.807, 2.05) is 42.5 Å². The van der Waals surface area contributed by atoms with Crippen LogP contribution in [0.2, 0.25) is 0 Å². The molecule has 1 fully saturated rings. The van der Waals surface area contributed by atoms with Crippen molar-refractivity contribution >= 4 is 23.0 Å². The molecule has 2 N–H and O–H groups in total. The normalized spacial score (nSPS) is 14.4. The van der Waals surface area contributed by atoms with Crippen LogP contribution < -0.4 is 15.4 Å². The van der Waals surface area contributed by atoms with E-state index in [1.165, 1.54) is 31.2 Å². The van der Waals surface area contributed by atoms with Gasteiger partial charge in [-0.15, -0.1) is 0 Å². The molecule has 1 saturated carbocycles. The summed E-state index contributed by atoms with van der Waals surface area (Å²) in [6.07, 6.45) is 5.31. The van der Waals surface area contributed by atoms with Crippen molar-refractivity contribution < 1.29 is 4.74 Å². The summed E-state index contributed by atoms with van der Waals surface area (Å²) in [5, 5.41) is 7.03. The van der Waals surface area contributed by atoms with Gasteiger partial charge in [0.25, 0.3) is 0 Å². The van der Waals surface area contributed by atoms with E-state index in [9.17, 15) is 0 Å². The highest BCUT2D eigenvalue weighted by molar-refractivity contribution is 7.80. The molecule has 2 aromatic rings. The van der Waals surface area contributed by atoms with E-state index in [-0.39, 0.29) is 0 Å². The fourth-order valence-corrected chi connectivity index (χ4v) is 2.96. The van der Waals surface area contributed by atoms with Crippen molar-refractivity contribution in [1.29, 1.82) is 0 Å². The second-order valence-corrected chi connectivity index (χ2v) is 6.25. The molecule has 0 unspecified atom stereocenters. The van der Waals surface area contributed by atoms with Crippen LogP contribution in [0, 0.1) is 0 Å². The number of hydrogen-bond acceptors (Lipinski definition) is 2. The van der Waals surface area contributed by atoms with Crippen molar-refractivity contribution in [2.45, 2.75) is 38.3 Å². The minimum atomic E-state index is 0.391. The summed E-state index contributed by atoms with van der Waals surface area (Å²) in [6, 6.07) is 18.2. The predicted octanol–water partition coefficient (Wildman–Crippen LogP) is 4.49. The van der Waals surface area contributed by atoms with Crippen molar-refractivity contribution in [3.8, 4) is 5.75 Å². The molecule has 0 radical (unpaired) electrons. The molecule has 0 saturated heterocycles. The van der Waals surface area contributed by atoms with Gasteiger partial charge in [0, 0.05) is 12.2 Å². The van der Waals surface area contributed by atoms with Crippen LogP contribution in [0.1, 0.15) is 31.2 Å². The van der Waals surface area contributed by atoms with Crippen LogP contribution >= 0.6 is 12.2 Å². The monoisotopic (exact) mass is 326 g/mol. The Morgan fingerprint density at radius 3 is 2.39 bits per heavy atom. The molecule has 1 aliphatic rings. The molecule has 0 amide bonds. The number of thiocarbonyl (C=S) groups is 1. The molecule has 4 heteroatoms. The molecule has 0 atom stereocenters. The van der Waals surface area contributed by atoms with E-state index in [0.29, 0.717) is 11.2 Å². The smallest absolute Gasteiger partial charge is 0.171 e. The maximum atomic E-state index is 5.96. The van der Waals surface area contributed by atoms with E-state index in [4.69, 9.17) is 17.0 Å². The number of benzene rings is 2. The fourth-order valence-electron chi connectivity index (χ4n) is 2.77. The molecule has 3 nitrogen and oxygen atoms in total. The van der Waals surface area contributed by atoms with E-state index in [1.54, 1.807) is 0 Å². The first-order chi connectivity index (χ1) is 11.3. The van der Waals surface area contributed by atoms with Crippen LogP contribution in [0.25, 0.3) is 0 Å². The summed E-state index contributed by atoms with van der Waals surface area (Å²) in [4.78, 5) is 0. The van der Waals surface area contributed by atoms with Gasteiger partial charge in [-0.05, 0) is 67.7 Å². The predicted molar refractivity (Wildman–Crippen MR) is 98.8 cm³/mol. The highest BCUT2D eigenvalue weighted by Crippen LogP contribution is 2.24. The Balaban J connectivity index is 1.46. The van der Waals surface area contributed by atoms with Crippen molar-refractivity contribution in [2.24, 2.45) is 0 Å². The van der Waals surface area contributed by atoms with Gasteiger partial charge in [-0.1, -0.05) is 30.3 Å². The summed E-state index contributed by atoms with van der Waals surface area (Å²) in [6.45, 7) is 0.718. The number of anilines is 1. The van der Waals surface area contributed by atoms with Gasteiger partial charge >= 0.3 is 0 Å². The minimum Gasteiger partial charge on any atom is -0.490 e. The molecule has 2 aromatic carbocycles. The van der Waals surface area contributed by atoms with Crippen LogP contribution in [0.15, 0.2) is 54.6 Å². The second-order valence-electron chi connectivity index (χ2n) is 5.84. The van der Waals surface area contributed by atoms with Crippen molar-refractivity contribution in [3.63, 3.8) is 0 Å². The zero-order chi connectivity index (χ0) is 15.9. The lowest BCUT2D eigenvalue weighted by Crippen LogP contribution is -2.27. The van der Waals surface area contributed by atoms with Crippen molar-refractivity contribution in [3.05, 3.63) is 60.2 Å². The highest BCUT2D eigenvalue weighted by Gasteiger charge is 2.16. The average molecular weight is 326 g/mol. The quantitative estimate of drug-likeness (QED) is 0.793. The minimum absolute atomic E-state index is 0.391. The Morgan fingerprint density at radius 1 is 1.00 bits per heavy atom. The summed E-state index contributed by atoms with van der Waals surface area (Å²) in [7, 11) is 0. The van der Waals surface area contributed by atoms with Gasteiger partial charge in [0.05, 0.1) is 6.10 Å². The van der Waals surface area contributed by atoms with E-state index in [0.717, 1.165) is 18.0 Å². The molecule has 0 aliphatic heterocycles. The second kappa shape index (κ2) is 7.97. The molecule has 0 aromatic heterocycles. The highest BCUT2D eigenvalue weighted by atomic mass is 32.1. The van der Waals surface area contributed by atoms with Gasteiger partial charge in [-0.3, -0.25) is 0 Å². The molecule has 0 heterocycles. The first-order valence-electron chi connectivity index (χ1n) is 8.15. The number of ether oxygens (including phenoxy) is 1. The van der Waals surface area contributed by atoms with Crippen LogP contribution in [0.4, 0.5) is 5.69 Å². The maximum absolute atomic E-state index is 5.96. The van der Waals surface area contributed by atoms with Gasteiger partial charge in [0.1, 0.15) is 5.75 Å². The Hall–Kier alpha value is -2.07. The third-order valence-electron chi connectivity index (χ3n) is 4.01. The zero-order valence-electron chi connectivity index (χ0n) is 13.1. The Kier molecular flexibility index (Phi) is 5.48. The van der Waals surface area contributed by atoms with Crippen LogP contribution in [0.3, 0.4) is 0 Å². The lowest BCUT2D eigenvalue weighted by molar-refractivity contribution is 0.210. The first-order valence-corrected chi connectivity index (χ1v) is 8.56. The van der Waals surface area contributed by atoms with Crippen molar-refractivity contribution in [2.75, 3.05) is 5.32 Å². The SMILES string of the molecule is S=C(NCc1ccccc1)Nc1ccc(OC2CCCC2)cc1. The Labute approximate surface area is 143 Å². The van der Waals surface area contributed by atoms with Crippen LogP contribution in [-0.2, 0) is 6.54 Å². The zero-order valence-corrected chi connectivity index (χ0v) is 13.9. The molecule has 120 valence electrons. The van der Waals surface area contributed by atoms with E-state index < -0.39 is 0 Å². The van der Waals surface area contributed by atoms with Gasteiger partial charge < -0.3 is 15.4 Å². The molecule has 1 aliphatic carbocycles. The summed E-state index contributed by atoms with van der Waals surface area (Å²) >= 11 is 5.33. The van der Waals surface area contributed by atoms with Crippen molar-refractivity contribution in [1.82, 2.24) is 5.32 Å². The molecule has 23 heavy (non-hydrogen) atoms. The molecule has 0 bridgehead atoms. The van der Waals surface area contributed by atoms with Crippen LogP contribution in [-0.4, -0.2) is 11.2 Å². The van der Waals surface area contributed by atoms with E-state index in [2.05, 4.69) is 22.8 Å². The third-order valence-corrected chi connectivity index (χ3v) is 4.26. The van der Waals surface area contributed by atoms with Gasteiger partial charge in [-0.25, -0.2) is 0 Å². The standard InChI is InChI=1S/C19H22N2OS/c23-19(20-14-15-6-2-1-3-7-15)21-16-10-12-18(13-11-16)22-17-8-4-5-9-17/h1-3,6-7,10-13,17H,4-5,8-9,14H2,(H2,20,21,23). The summed E-state index contributed by atoms with van der Waals surface area (Å²) in [5.74, 6) is 0.936. The fraction of sp³-hybridized carbons (Fsp3) is 0.316. The number of nitrogens with one attached hydrogen (secondary N) is 2. The van der Waals surface area contributed by atoms with E-state index >= 15 is 0 Å². The van der Waals surface area contributed by atoms with Gasteiger partial charge in [0.2, 0.25) is 0 Å². The van der Waals surface area contributed by atoms with Gasteiger partial charge in [0.15, 0.2) is 5.11 Å². The average Bonchev–Trinajstić information content (AvgIpc) is 3.09. The Morgan fingerprint density at radius 2 is 1.70 bits per heavy atom. The maximum Gasteiger partial charge on any atom is 0.171 e.